The highest BCUT2D eigenvalue weighted by Crippen LogP contribution is 2.33. The minimum atomic E-state index is 0.0754. The van der Waals surface area contributed by atoms with Crippen molar-refractivity contribution in [1.82, 2.24) is 9.80 Å². The highest BCUT2D eigenvalue weighted by atomic mass is 32.1. The fourth-order valence-electron chi connectivity index (χ4n) is 3.66. The van der Waals surface area contributed by atoms with Gasteiger partial charge < -0.3 is 9.80 Å². The molecule has 1 aromatic heterocycles. The molecule has 0 N–H and O–H groups in total. The summed E-state index contributed by atoms with van der Waals surface area (Å²) in [6.07, 6.45) is 5.03. The van der Waals surface area contributed by atoms with Crippen molar-refractivity contribution in [3.05, 3.63) is 21.4 Å². The van der Waals surface area contributed by atoms with Crippen molar-refractivity contribution in [1.29, 1.82) is 0 Å². The molecule has 0 radical (unpaired) electrons. The maximum Gasteiger partial charge on any atom is 0.263 e. The predicted molar refractivity (Wildman–Crippen MR) is 92.8 cm³/mol. The number of fused-ring (bicyclic) bond motifs is 1. The highest BCUT2D eigenvalue weighted by molar-refractivity contribution is 7.14. The number of likely N-dealkylation sites (tertiary alicyclic amines) is 1. The molecule has 2 amide bonds. The van der Waals surface area contributed by atoms with Gasteiger partial charge in [0, 0.05) is 38.0 Å². The fourth-order valence-corrected chi connectivity index (χ4v) is 4.84. The van der Waals surface area contributed by atoms with E-state index >= 15 is 0 Å². The van der Waals surface area contributed by atoms with Crippen LogP contribution in [-0.2, 0) is 17.6 Å². The molecule has 1 atom stereocenters. The number of piperidine rings is 1. The quantitative estimate of drug-likeness (QED) is 0.834. The standard InChI is InChI=1S/C18H26N2O2S/c1-12-4-5-15-14(10-12)11-16(23-15)18(22)20-8-6-13(7-9-20)17(21)19(2)3/h11-13H,4-10H2,1-3H3. The molecule has 0 saturated carbocycles. The second kappa shape index (κ2) is 6.63. The minimum absolute atomic E-state index is 0.0754. The van der Waals surface area contributed by atoms with Gasteiger partial charge >= 0.3 is 0 Å². The Labute approximate surface area is 142 Å². The van der Waals surface area contributed by atoms with Crippen LogP contribution in [0.1, 0.15) is 46.3 Å². The molecule has 5 heteroatoms. The van der Waals surface area contributed by atoms with Gasteiger partial charge in [0.1, 0.15) is 0 Å². The van der Waals surface area contributed by atoms with E-state index in [0.717, 1.165) is 36.5 Å². The van der Waals surface area contributed by atoms with Crippen molar-refractivity contribution in [2.45, 2.75) is 39.0 Å². The van der Waals surface area contributed by atoms with E-state index in [2.05, 4.69) is 13.0 Å². The third-order valence-corrected chi connectivity index (χ3v) is 6.34. The predicted octanol–water partition coefficient (Wildman–Crippen LogP) is 2.81. The summed E-state index contributed by atoms with van der Waals surface area (Å²) >= 11 is 1.68. The minimum Gasteiger partial charge on any atom is -0.349 e. The zero-order valence-electron chi connectivity index (χ0n) is 14.3. The van der Waals surface area contributed by atoms with Crippen LogP contribution in [-0.4, -0.2) is 48.8 Å². The van der Waals surface area contributed by atoms with E-state index in [-0.39, 0.29) is 17.7 Å². The topological polar surface area (TPSA) is 40.6 Å². The Balaban J connectivity index is 1.63. The van der Waals surface area contributed by atoms with Crippen LogP contribution in [0.5, 0.6) is 0 Å². The lowest BCUT2D eigenvalue weighted by atomic mass is 9.90. The van der Waals surface area contributed by atoms with Crippen molar-refractivity contribution in [3.63, 3.8) is 0 Å². The Hall–Kier alpha value is -1.36. The average Bonchev–Trinajstić information content (AvgIpc) is 2.96. The van der Waals surface area contributed by atoms with E-state index in [9.17, 15) is 9.59 Å². The number of hydrogen-bond acceptors (Lipinski definition) is 3. The summed E-state index contributed by atoms with van der Waals surface area (Å²) in [4.78, 5) is 30.7. The zero-order chi connectivity index (χ0) is 16.6. The number of nitrogens with zero attached hydrogens (tertiary/aromatic N) is 2. The second-order valence-electron chi connectivity index (χ2n) is 7.21. The first-order valence-corrected chi connectivity index (χ1v) is 9.39. The molecule has 4 nitrogen and oxygen atoms in total. The number of aryl methyl sites for hydroxylation is 1. The molecule has 126 valence electrons. The summed E-state index contributed by atoms with van der Waals surface area (Å²) in [5.74, 6) is 1.16. The Morgan fingerprint density at radius 3 is 2.57 bits per heavy atom. The number of thiophene rings is 1. The average molecular weight is 334 g/mol. The van der Waals surface area contributed by atoms with Gasteiger partial charge in [-0.1, -0.05) is 6.92 Å². The molecule has 1 aliphatic carbocycles. The Kier molecular flexibility index (Phi) is 4.76. The molecule has 1 saturated heterocycles. The maximum absolute atomic E-state index is 12.8. The lowest BCUT2D eigenvalue weighted by molar-refractivity contribution is -0.134. The van der Waals surface area contributed by atoms with Crippen LogP contribution >= 0.6 is 11.3 Å². The SMILES string of the molecule is CC1CCc2sc(C(=O)N3CCC(C(=O)N(C)C)CC3)cc2C1. The van der Waals surface area contributed by atoms with Crippen LogP contribution in [0.15, 0.2) is 6.07 Å². The summed E-state index contributed by atoms with van der Waals surface area (Å²) in [7, 11) is 3.61. The summed E-state index contributed by atoms with van der Waals surface area (Å²) < 4.78 is 0. The van der Waals surface area contributed by atoms with Crippen LogP contribution in [0.4, 0.5) is 0 Å². The number of carbonyl (C=O) groups excluding carboxylic acids is 2. The third kappa shape index (κ3) is 3.44. The summed E-state index contributed by atoms with van der Waals surface area (Å²) in [5.41, 5.74) is 1.38. The zero-order valence-corrected chi connectivity index (χ0v) is 15.1. The van der Waals surface area contributed by atoms with Crippen molar-refractivity contribution in [2.75, 3.05) is 27.2 Å². The van der Waals surface area contributed by atoms with E-state index in [0.29, 0.717) is 13.1 Å². The van der Waals surface area contributed by atoms with E-state index in [4.69, 9.17) is 0 Å². The molecule has 1 unspecified atom stereocenters. The molecule has 1 aromatic rings. The number of amides is 2. The van der Waals surface area contributed by atoms with Crippen molar-refractivity contribution < 1.29 is 9.59 Å². The van der Waals surface area contributed by atoms with Gasteiger partial charge in [-0.15, -0.1) is 11.3 Å². The van der Waals surface area contributed by atoms with Crippen LogP contribution in [0.25, 0.3) is 0 Å². The van der Waals surface area contributed by atoms with Crippen molar-refractivity contribution in [3.8, 4) is 0 Å². The molecule has 1 fully saturated rings. The van der Waals surface area contributed by atoms with Crippen molar-refractivity contribution >= 4 is 23.2 Å². The second-order valence-corrected chi connectivity index (χ2v) is 8.34. The summed E-state index contributed by atoms with van der Waals surface area (Å²) in [6.45, 7) is 3.68. The lowest BCUT2D eigenvalue weighted by Crippen LogP contribution is -2.42. The number of hydrogen-bond donors (Lipinski definition) is 0. The fraction of sp³-hybridized carbons (Fsp3) is 0.667. The normalized spacial score (nSPS) is 21.9. The van der Waals surface area contributed by atoms with Gasteiger partial charge in [-0.05, 0) is 49.7 Å². The van der Waals surface area contributed by atoms with E-state index in [1.807, 2.05) is 4.90 Å². The summed E-state index contributed by atoms with van der Waals surface area (Å²) in [5, 5.41) is 0. The molecule has 0 spiro atoms. The van der Waals surface area contributed by atoms with Crippen LogP contribution in [0, 0.1) is 11.8 Å². The number of rotatable bonds is 2. The molecule has 0 bridgehead atoms. The lowest BCUT2D eigenvalue weighted by Gasteiger charge is -2.32. The molecule has 1 aliphatic heterocycles. The first-order valence-electron chi connectivity index (χ1n) is 8.57. The van der Waals surface area contributed by atoms with E-state index in [1.165, 1.54) is 16.9 Å². The van der Waals surface area contributed by atoms with E-state index in [1.54, 1.807) is 30.3 Å². The van der Waals surface area contributed by atoms with Gasteiger partial charge in [0.25, 0.3) is 5.91 Å². The van der Waals surface area contributed by atoms with Gasteiger partial charge in [-0.2, -0.15) is 0 Å². The monoisotopic (exact) mass is 334 g/mol. The van der Waals surface area contributed by atoms with Gasteiger partial charge in [-0.25, -0.2) is 0 Å². The van der Waals surface area contributed by atoms with Crippen LogP contribution in [0.3, 0.4) is 0 Å². The van der Waals surface area contributed by atoms with Gasteiger partial charge in [-0.3, -0.25) is 9.59 Å². The first kappa shape index (κ1) is 16.5. The van der Waals surface area contributed by atoms with Crippen LogP contribution < -0.4 is 0 Å². The largest absolute Gasteiger partial charge is 0.349 e. The third-order valence-electron chi connectivity index (χ3n) is 5.11. The van der Waals surface area contributed by atoms with Gasteiger partial charge in [0.2, 0.25) is 5.91 Å². The van der Waals surface area contributed by atoms with Gasteiger partial charge in [0.05, 0.1) is 4.88 Å². The summed E-state index contributed by atoms with van der Waals surface area (Å²) in [6, 6.07) is 2.12. The highest BCUT2D eigenvalue weighted by Gasteiger charge is 2.30. The molecule has 2 heterocycles. The Bertz CT molecular complexity index is 600. The molecule has 0 aromatic carbocycles. The molecular formula is C18H26N2O2S. The maximum atomic E-state index is 12.8. The van der Waals surface area contributed by atoms with E-state index < -0.39 is 0 Å². The van der Waals surface area contributed by atoms with Crippen LogP contribution in [0.2, 0.25) is 0 Å². The molecular weight excluding hydrogens is 308 g/mol. The Morgan fingerprint density at radius 2 is 1.91 bits per heavy atom. The Morgan fingerprint density at radius 1 is 1.22 bits per heavy atom. The molecule has 2 aliphatic rings. The van der Waals surface area contributed by atoms with Gasteiger partial charge in [0.15, 0.2) is 0 Å². The molecule has 3 rings (SSSR count). The number of carbonyl (C=O) groups is 2. The first-order chi connectivity index (χ1) is 11.0. The molecule has 23 heavy (non-hydrogen) atoms. The van der Waals surface area contributed by atoms with Crippen molar-refractivity contribution in [2.24, 2.45) is 11.8 Å². The smallest absolute Gasteiger partial charge is 0.263 e.